The van der Waals surface area contributed by atoms with Crippen molar-refractivity contribution in [3.8, 4) is 0 Å². The van der Waals surface area contributed by atoms with Gasteiger partial charge in [0, 0.05) is 31.7 Å². The number of likely N-dealkylation sites (tertiary alicyclic amines) is 1. The van der Waals surface area contributed by atoms with Crippen LogP contribution in [0.5, 0.6) is 0 Å². The topological polar surface area (TPSA) is 23.6 Å². The summed E-state index contributed by atoms with van der Waals surface area (Å²) in [5.41, 5.74) is 1.27. The van der Waals surface area contributed by atoms with Gasteiger partial charge in [0.15, 0.2) is 0 Å². The minimum Gasteiger partial charge on any atom is -0.373 e. The van der Waals surface area contributed by atoms with E-state index in [0.29, 0.717) is 5.78 Å². The van der Waals surface area contributed by atoms with Crippen molar-refractivity contribution in [3.63, 3.8) is 0 Å². The molecule has 4 atom stereocenters. The van der Waals surface area contributed by atoms with Gasteiger partial charge in [-0.25, -0.2) is 0 Å². The van der Waals surface area contributed by atoms with E-state index >= 15 is 0 Å². The van der Waals surface area contributed by atoms with Gasteiger partial charge >= 0.3 is 0 Å². The fourth-order valence-corrected chi connectivity index (χ4v) is 4.31. The van der Waals surface area contributed by atoms with Gasteiger partial charge in [0.05, 0.1) is 11.8 Å². The number of nitrogens with zero attached hydrogens (tertiary/aromatic N) is 2. The summed E-state index contributed by atoms with van der Waals surface area (Å²) in [6, 6.07) is 10.7. The Morgan fingerprint density at radius 1 is 1.08 bits per heavy atom. The Balaban J connectivity index is 1.59. The Bertz CT molecular complexity index is 734. The third-order valence-corrected chi connectivity index (χ3v) is 5.47. The average Bonchev–Trinajstić information content (AvgIpc) is 2.66. The Labute approximate surface area is 149 Å². The Morgan fingerprint density at radius 3 is 2.68 bits per heavy atom. The molecule has 3 heteroatoms. The molecule has 4 rings (SSSR count). The van der Waals surface area contributed by atoms with Gasteiger partial charge in [0.2, 0.25) is 0 Å². The van der Waals surface area contributed by atoms with Crippen LogP contribution in [-0.2, 0) is 11.3 Å². The van der Waals surface area contributed by atoms with Crippen LogP contribution in [0.25, 0.3) is 0 Å². The largest absolute Gasteiger partial charge is 0.373 e. The first kappa shape index (κ1) is 16.1. The fourth-order valence-electron chi connectivity index (χ4n) is 4.31. The quantitative estimate of drug-likeness (QED) is 0.791. The molecule has 4 unspecified atom stereocenters. The van der Waals surface area contributed by atoms with Gasteiger partial charge in [-0.15, -0.1) is 6.58 Å². The third kappa shape index (κ3) is 3.00. The summed E-state index contributed by atoms with van der Waals surface area (Å²) in [6.07, 6.45) is 14.6. The van der Waals surface area contributed by atoms with Crippen LogP contribution in [0.2, 0.25) is 0 Å². The summed E-state index contributed by atoms with van der Waals surface area (Å²) in [6.45, 7) is 6.35. The van der Waals surface area contributed by atoms with Crippen molar-refractivity contribution in [1.82, 2.24) is 9.80 Å². The van der Waals surface area contributed by atoms with Crippen molar-refractivity contribution in [2.75, 3.05) is 13.1 Å². The molecule has 2 aliphatic heterocycles. The number of carbonyl (C=O) groups is 1. The van der Waals surface area contributed by atoms with Gasteiger partial charge in [-0.3, -0.25) is 9.69 Å². The summed E-state index contributed by atoms with van der Waals surface area (Å²) < 4.78 is 0. The number of fused-ring (bicyclic) bond motifs is 2. The number of Topliss-reactive ketones (excluding diaryl/α,β-unsaturated/α-hetero) is 1. The number of piperidine rings is 1. The lowest BCUT2D eigenvalue weighted by Crippen LogP contribution is -2.61. The lowest BCUT2D eigenvalue weighted by Gasteiger charge is -2.49. The lowest BCUT2D eigenvalue weighted by molar-refractivity contribution is -0.134. The van der Waals surface area contributed by atoms with Crippen molar-refractivity contribution >= 4 is 5.78 Å². The molecule has 0 bridgehead atoms. The van der Waals surface area contributed by atoms with Crippen molar-refractivity contribution in [1.29, 1.82) is 0 Å². The van der Waals surface area contributed by atoms with Crippen LogP contribution in [0.3, 0.4) is 0 Å². The zero-order chi connectivity index (χ0) is 17.2. The lowest BCUT2D eigenvalue weighted by atomic mass is 9.74. The van der Waals surface area contributed by atoms with Gasteiger partial charge < -0.3 is 4.90 Å². The van der Waals surface area contributed by atoms with Crippen molar-refractivity contribution in [2.24, 2.45) is 11.8 Å². The first-order chi connectivity index (χ1) is 12.3. The minimum atomic E-state index is -0.0312. The molecule has 25 heavy (non-hydrogen) atoms. The van der Waals surface area contributed by atoms with Crippen LogP contribution >= 0.6 is 0 Å². The number of allylic oxidation sites excluding steroid dienone is 2. The second-order valence-electron chi connectivity index (χ2n) is 7.03. The molecule has 1 fully saturated rings. The molecule has 0 saturated carbocycles. The SMILES string of the molecule is C=CCN1C2C=CC=CC2C(=O)C2CN(Cc3ccccc3)C=CC21. The van der Waals surface area contributed by atoms with Crippen LogP contribution in [-0.4, -0.2) is 40.8 Å². The summed E-state index contributed by atoms with van der Waals surface area (Å²) in [7, 11) is 0. The number of hydrogen-bond acceptors (Lipinski definition) is 3. The van der Waals surface area contributed by atoms with Gasteiger partial charge in [-0.1, -0.05) is 66.8 Å². The number of carbonyl (C=O) groups excluding carboxylic acids is 1. The Kier molecular flexibility index (Phi) is 4.41. The molecular formula is C22H24N2O. The van der Waals surface area contributed by atoms with E-state index in [1.807, 2.05) is 18.2 Å². The molecule has 1 aliphatic carbocycles. The zero-order valence-electron chi connectivity index (χ0n) is 14.4. The van der Waals surface area contributed by atoms with Crippen LogP contribution in [0.1, 0.15) is 5.56 Å². The van der Waals surface area contributed by atoms with Gasteiger partial charge in [0.1, 0.15) is 5.78 Å². The summed E-state index contributed by atoms with van der Waals surface area (Å²) in [4.78, 5) is 17.8. The first-order valence-corrected chi connectivity index (χ1v) is 8.99. The van der Waals surface area contributed by atoms with E-state index in [9.17, 15) is 4.79 Å². The van der Waals surface area contributed by atoms with Crippen LogP contribution in [0.15, 0.2) is 79.6 Å². The molecule has 3 nitrogen and oxygen atoms in total. The van der Waals surface area contributed by atoms with Gasteiger partial charge in [-0.2, -0.15) is 0 Å². The predicted octanol–water partition coefficient (Wildman–Crippen LogP) is 3.18. The van der Waals surface area contributed by atoms with E-state index in [1.54, 1.807) is 0 Å². The molecule has 1 aromatic carbocycles. The molecule has 1 saturated heterocycles. The monoisotopic (exact) mass is 332 g/mol. The Hall–Kier alpha value is -2.39. The zero-order valence-corrected chi connectivity index (χ0v) is 14.4. The molecule has 0 spiro atoms. The molecule has 0 aromatic heterocycles. The second-order valence-corrected chi connectivity index (χ2v) is 7.03. The van der Waals surface area contributed by atoms with Crippen molar-refractivity contribution < 1.29 is 4.79 Å². The van der Waals surface area contributed by atoms with E-state index in [2.05, 4.69) is 71.1 Å². The maximum atomic E-state index is 13.1. The number of ketones is 1. The molecule has 1 aromatic rings. The summed E-state index contributed by atoms with van der Waals surface area (Å²) >= 11 is 0. The highest BCUT2D eigenvalue weighted by Gasteiger charge is 2.47. The highest BCUT2D eigenvalue weighted by molar-refractivity contribution is 5.88. The third-order valence-electron chi connectivity index (χ3n) is 5.47. The maximum Gasteiger partial charge on any atom is 0.148 e. The van der Waals surface area contributed by atoms with E-state index in [-0.39, 0.29) is 23.9 Å². The van der Waals surface area contributed by atoms with Gasteiger partial charge in [-0.05, 0) is 11.8 Å². The second kappa shape index (κ2) is 6.85. The highest BCUT2D eigenvalue weighted by atomic mass is 16.1. The van der Waals surface area contributed by atoms with E-state index in [0.717, 1.165) is 19.6 Å². The normalized spacial score (nSPS) is 30.9. The predicted molar refractivity (Wildman–Crippen MR) is 101 cm³/mol. The first-order valence-electron chi connectivity index (χ1n) is 8.99. The smallest absolute Gasteiger partial charge is 0.148 e. The number of benzene rings is 1. The fraction of sp³-hybridized carbons (Fsp3) is 0.318. The van der Waals surface area contributed by atoms with E-state index < -0.39 is 0 Å². The van der Waals surface area contributed by atoms with Crippen molar-refractivity contribution in [3.05, 3.63) is 85.1 Å². The Morgan fingerprint density at radius 2 is 1.88 bits per heavy atom. The minimum absolute atomic E-state index is 0.0195. The number of rotatable bonds is 4. The molecule has 0 radical (unpaired) electrons. The molecule has 0 N–H and O–H groups in total. The standard InChI is InChI=1S/C22H24N2O/c1-2-13-24-20-11-7-6-10-18(20)22(25)19-16-23(14-12-21(19)24)15-17-8-4-3-5-9-17/h2-12,14,18-21H,1,13,15-16H2. The maximum absolute atomic E-state index is 13.1. The van der Waals surface area contributed by atoms with E-state index in [1.165, 1.54) is 5.56 Å². The summed E-state index contributed by atoms with van der Waals surface area (Å²) in [5, 5.41) is 0. The van der Waals surface area contributed by atoms with Crippen LogP contribution in [0.4, 0.5) is 0 Å². The van der Waals surface area contributed by atoms with Crippen molar-refractivity contribution in [2.45, 2.75) is 18.6 Å². The van der Waals surface area contributed by atoms with Gasteiger partial charge in [0.25, 0.3) is 0 Å². The number of hydrogen-bond donors (Lipinski definition) is 0. The van der Waals surface area contributed by atoms with Crippen LogP contribution < -0.4 is 0 Å². The van der Waals surface area contributed by atoms with E-state index in [4.69, 9.17) is 0 Å². The molecular weight excluding hydrogens is 308 g/mol. The van der Waals surface area contributed by atoms with Crippen LogP contribution in [0, 0.1) is 11.8 Å². The summed E-state index contributed by atoms with van der Waals surface area (Å²) in [5.74, 6) is 0.362. The molecule has 2 heterocycles. The molecule has 3 aliphatic rings. The highest BCUT2D eigenvalue weighted by Crippen LogP contribution is 2.36. The molecule has 128 valence electrons. The average molecular weight is 332 g/mol. The molecule has 0 amide bonds.